The lowest BCUT2D eigenvalue weighted by Gasteiger charge is -1.90. The van der Waals surface area contributed by atoms with Crippen molar-refractivity contribution in [3.8, 4) is 15.9 Å². The van der Waals surface area contributed by atoms with Crippen molar-refractivity contribution >= 4 is 22.6 Å². The lowest BCUT2D eigenvalue weighted by atomic mass is 10.4. The summed E-state index contributed by atoms with van der Waals surface area (Å²) in [7, 11) is 0. The fraction of sp³-hybridized carbons (Fsp3) is 0.125. The molecule has 54 valence electrons. The molecular weight excluding hydrogens is 251 g/mol. The minimum absolute atomic E-state index is 0.657. The van der Waals surface area contributed by atoms with Gasteiger partial charge in [-0.2, -0.15) is 5.26 Å². The van der Waals surface area contributed by atoms with E-state index < -0.39 is 0 Å². The second-order valence-corrected chi connectivity index (χ2v) is 2.49. The summed E-state index contributed by atoms with van der Waals surface area (Å²) in [5, 5.41) is 8.48. The van der Waals surface area contributed by atoms with Gasteiger partial charge in [0.15, 0.2) is 0 Å². The summed E-state index contributed by atoms with van der Waals surface area (Å²) in [4.78, 5) is 0. The predicted molar refractivity (Wildman–Crippen MR) is 50.9 cm³/mol. The molecule has 0 amide bonds. The Morgan fingerprint density at radius 2 is 2.45 bits per heavy atom. The van der Waals surface area contributed by atoms with E-state index in [0.29, 0.717) is 12.1 Å². The smallest absolute Gasteiger partial charge is 0.101 e. The van der Waals surface area contributed by atoms with Gasteiger partial charge in [-0.05, 0) is 9.99 Å². The molecule has 1 aromatic rings. The minimum atomic E-state index is 0.657. The largest absolute Gasteiger partial charge is 0.341 e. The molecule has 0 aromatic carbocycles. The number of nitrogens with zero attached hydrogens (tertiary/aromatic N) is 2. The summed E-state index contributed by atoms with van der Waals surface area (Å²) >= 11 is 1.99. The van der Waals surface area contributed by atoms with Crippen LogP contribution in [-0.2, 0) is 6.54 Å². The highest BCUT2D eigenvalue weighted by molar-refractivity contribution is 14.1. The Balaban J connectivity index is 2.72. The van der Waals surface area contributed by atoms with E-state index in [0.717, 1.165) is 0 Å². The quantitative estimate of drug-likeness (QED) is 0.556. The first kappa shape index (κ1) is 8.16. The minimum Gasteiger partial charge on any atom is -0.341 e. The van der Waals surface area contributed by atoms with Gasteiger partial charge in [-0.1, -0.05) is 5.92 Å². The second kappa shape index (κ2) is 4.05. The van der Waals surface area contributed by atoms with E-state index in [1.54, 1.807) is 12.3 Å². The molecule has 0 spiro atoms. The maximum atomic E-state index is 8.48. The normalized spacial score (nSPS) is 8.00. The molecule has 0 N–H and O–H groups in total. The van der Waals surface area contributed by atoms with Crippen molar-refractivity contribution in [2.45, 2.75) is 6.54 Å². The van der Waals surface area contributed by atoms with E-state index >= 15 is 0 Å². The first-order valence-corrected chi connectivity index (χ1v) is 4.09. The molecule has 0 aliphatic carbocycles. The first-order chi connectivity index (χ1) is 5.36. The number of nitriles is 1. The Bertz CT molecular complexity index is 335. The fourth-order valence-electron chi connectivity index (χ4n) is 0.726. The molecule has 11 heavy (non-hydrogen) atoms. The molecule has 0 atom stereocenters. The molecule has 0 radical (unpaired) electrons. The topological polar surface area (TPSA) is 28.7 Å². The molecule has 2 nitrogen and oxygen atoms in total. The zero-order valence-corrected chi connectivity index (χ0v) is 7.87. The van der Waals surface area contributed by atoms with Crippen LogP contribution in [0.15, 0.2) is 18.5 Å². The Morgan fingerprint density at radius 1 is 1.64 bits per heavy atom. The van der Waals surface area contributed by atoms with Gasteiger partial charge in [0.2, 0.25) is 0 Å². The standard InChI is InChI=1S/C8H5IN2/c9-3-1-4-11-5-2-8(6-10)7-11/h2,5,7H,4H2. The lowest BCUT2D eigenvalue weighted by molar-refractivity contribution is 0.850. The lowest BCUT2D eigenvalue weighted by Crippen LogP contribution is -1.89. The third-order valence-corrected chi connectivity index (χ3v) is 1.59. The molecule has 0 unspecified atom stereocenters. The number of halogens is 1. The van der Waals surface area contributed by atoms with Crippen LogP contribution in [0.1, 0.15) is 5.56 Å². The summed E-state index contributed by atoms with van der Waals surface area (Å²) in [6.45, 7) is 0.657. The molecule has 0 fully saturated rings. The maximum absolute atomic E-state index is 8.48. The van der Waals surface area contributed by atoms with Crippen LogP contribution in [0.2, 0.25) is 0 Å². The van der Waals surface area contributed by atoms with Crippen molar-refractivity contribution in [3.63, 3.8) is 0 Å². The van der Waals surface area contributed by atoms with Crippen molar-refractivity contribution in [3.05, 3.63) is 24.0 Å². The molecule has 0 bridgehead atoms. The number of aromatic nitrogens is 1. The van der Waals surface area contributed by atoms with Crippen LogP contribution >= 0.6 is 22.6 Å². The Morgan fingerprint density at radius 3 is 3.00 bits per heavy atom. The molecule has 3 heteroatoms. The van der Waals surface area contributed by atoms with E-state index in [-0.39, 0.29) is 0 Å². The Kier molecular flexibility index (Phi) is 3.00. The van der Waals surface area contributed by atoms with E-state index in [9.17, 15) is 0 Å². The third-order valence-electron chi connectivity index (χ3n) is 1.21. The highest BCUT2D eigenvalue weighted by Gasteiger charge is 1.91. The SMILES string of the molecule is N#Cc1ccn(CC#CI)c1. The van der Waals surface area contributed by atoms with Gasteiger partial charge < -0.3 is 4.57 Å². The van der Waals surface area contributed by atoms with Crippen molar-refractivity contribution in [1.29, 1.82) is 5.26 Å². The molecule has 0 saturated carbocycles. The summed E-state index contributed by atoms with van der Waals surface area (Å²) in [5.41, 5.74) is 0.681. The molecule has 0 saturated heterocycles. The third kappa shape index (κ3) is 2.28. The predicted octanol–water partition coefficient (Wildman–Crippen LogP) is 1.76. The van der Waals surface area contributed by atoms with Gasteiger partial charge in [0, 0.05) is 35.0 Å². The van der Waals surface area contributed by atoms with Crippen LogP contribution in [0.25, 0.3) is 0 Å². The van der Waals surface area contributed by atoms with Crippen molar-refractivity contribution < 1.29 is 0 Å². The number of rotatable bonds is 1. The summed E-state index contributed by atoms with van der Waals surface area (Å²) in [5.74, 6) is 2.89. The molecule has 0 aliphatic rings. The van der Waals surface area contributed by atoms with Gasteiger partial charge in [0.1, 0.15) is 6.07 Å². The zero-order chi connectivity index (χ0) is 8.10. The molecule has 0 aliphatic heterocycles. The summed E-state index contributed by atoms with van der Waals surface area (Å²) in [6.07, 6.45) is 3.63. The summed E-state index contributed by atoms with van der Waals surface area (Å²) in [6, 6.07) is 3.83. The molecule has 1 aromatic heterocycles. The van der Waals surface area contributed by atoms with Crippen molar-refractivity contribution in [1.82, 2.24) is 4.57 Å². The fourth-order valence-corrected chi connectivity index (χ4v) is 0.897. The van der Waals surface area contributed by atoms with Crippen LogP contribution in [-0.4, -0.2) is 4.57 Å². The van der Waals surface area contributed by atoms with Gasteiger partial charge in [-0.3, -0.25) is 0 Å². The highest BCUT2D eigenvalue weighted by Crippen LogP contribution is 1.97. The highest BCUT2D eigenvalue weighted by atomic mass is 127. The number of hydrogen-bond donors (Lipinski definition) is 0. The van der Waals surface area contributed by atoms with Crippen molar-refractivity contribution in [2.75, 3.05) is 0 Å². The average molecular weight is 256 g/mol. The molecule has 1 rings (SSSR count). The Labute approximate surface area is 79.0 Å². The molecule has 1 heterocycles. The van der Waals surface area contributed by atoms with E-state index in [4.69, 9.17) is 5.26 Å². The van der Waals surface area contributed by atoms with E-state index in [1.807, 2.05) is 33.4 Å². The van der Waals surface area contributed by atoms with Gasteiger partial charge >= 0.3 is 0 Å². The Hall–Kier alpha value is -0.940. The monoisotopic (exact) mass is 256 g/mol. The van der Waals surface area contributed by atoms with Crippen LogP contribution in [0.5, 0.6) is 0 Å². The molecular formula is C8H5IN2. The average Bonchev–Trinajstić information content (AvgIpc) is 2.48. The van der Waals surface area contributed by atoms with Crippen LogP contribution in [0.4, 0.5) is 0 Å². The van der Waals surface area contributed by atoms with E-state index in [2.05, 4.69) is 15.9 Å². The second-order valence-electron chi connectivity index (χ2n) is 1.96. The zero-order valence-electron chi connectivity index (χ0n) is 5.71. The van der Waals surface area contributed by atoms with Gasteiger partial charge in [0.05, 0.1) is 12.1 Å². The van der Waals surface area contributed by atoms with Crippen molar-refractivity contribution in [2.24, 2.45) is 0 Å². The first-order valence-electron chi connectivity index (χ1n) is 3.01. The maximum Gasteiger partial charge on any atom is 0.101 e. The summed E-state index contributed by atoms with van der Waals surface area (Å²) < 4.78 is 4.64. The van der Waals surface area contributed by atoms with Crippen LogP contribution in [0.3, 0.4) is 0 Å². The number of hydrogen-bond acceptors (Lipinski definition) is 1. The van der Waals surface area contributed by atoms with Gasteiger partial charge in [-0.15, -0.1) is 0 Å². The van der Waals surface area contributed by atoms with Gasteiger partial charge in [-0.25, -0.2) is 0 Å². The van der Waals surface area contributed by atoms with E-state index in [1.165, 1.54) is 0 Å². The van der Waals surface area contributed by atoms with Gasteiger partial charge in [0.25, 0.3) is 0 Å². The van der Waals surface area contributed by atoms with Crippen LogP contribution < -0.4 is 0 Å². The van der Waals surface area contributed by atoms with Crippen LogP contribution in [0, 0.1) is 21.2 Å².